The topological polar surface area (TPSA) is 88.9 Å². The van der Waals surface area contributed by atoms with Crippen LogP contribution in [0.25, 0.3) is 11.1 Å². The van der Waals surface area contributed by atoms with Crippen LogP contribution in [-0.2, 0) is 13.0 Å². The molecule has 2 fully saturated rings. The maximum atomic E-state index is 12.8. The van der Waals surface area contributed by atoms with Crippen LogP contribution in [0.3, 0.4) is 0 Å². The quantitative estimate of drug-likeness (QED) is 0.569. The van der Waals surface area contributed by atoms with E-state index in [9.17, 15) is 9.90 Å². The summed E-state index contributed by atoms with van der Waals surface area (Å²) in [7, 11) is 2.16. The van der Waals surface area contributed by atoms with Gasteiger partial charge in [-0.2, -0.15) is 0 Å². The lowest BCUT2D eigenvalue weighted by Gasteiger charge is -2.37. The number of carbonyl (C=O) groups is 1. The first-order valence-corrected chi connectivity index (χ1v) is 13.4. The molecule has 2 saturated heterocycles. The first-order valence-electron chi connectivity index (χ1n) is 13.4. The number of carbonyl (C=O) groups excluding carboxylic acids is 1. The summed E-state index contributed by atoms with van der Waals surface area (Å²) in [5.41, 5.74) is 5.12. The van der Waals surface area contributed by atoms with Crippen LogP contribution in [0.5, 0.6) is 0 Å². The van der Waals surface area contributed by atoms with Crippen molar-refractivity contribution < 1.29 is 9.90 Å². The highest BCUT2D eigenvalue weighted by atomic mass is 16.3. The number of aromatic nitrogens is 3. The number of nitrogens with zero attached hydrogens (tertiary/aromatic N) is 7. The van der Waals surface area contributed by atoms with E-state index in [0.29, 0.717) is 24.7 Å². The van der Waals surface area contributed by atoms with Gasteiger partial charge in [-0.05, 0) is 56.1 Å². The highest BCUT2D eigenvalue weighted by Crippen LogP contribution is 2.32. The number of aliphatic hydroxyl groups excluding tert-OH is 1. The number of fused-ring (bicyclic) bond motifs is 1. The zero-order chi connectivity index (χ0) is 26.4. The molecule has 3 aromatic rings. The van der Waals surface area contributed by atoms with E-state index in [2.05, 4.69) is 57.9 Å². The number of likely N-dealkylation sites (tertiary alicyclic amines) is 1. The van der Waals surface area contributed by atoms with E-state index in [4.69, 9.17) is 9.97 Å². The second-order valence-electron chi connectivity index (χ2n) is 10.9. The van der Waals surface area contributed by atoms with Crippen LogP contribution in [-0.4, -0.2) is 94.2 Å². The Kier molecular flexibility index (Phi) is 6.49. The molecule has 0 aliphatic carbocycles. The van der Waals surface area contributed by atoms with Gasteiger partial charge in [0.1, 0.15) is 17.5 Å². The Morgan fingerprint density at radius 1 is 0.947 bits per heavy atom. The van der Waals surface area contributed by atoms with E-state index in [1.165, 1.54) is 11.1 Å². The van der Waals surface area contributed by atoms with Gasteiger partial charge in [-0.3, -0.25) is 9.78 Å². The third-order valence-corrected chi connectivity index (χ3v) is 7.99. The smallest absolute Gasteiger partial charge is 0.255 e. The summed E-state index contributed by atoms with van der Waals surface area (Å²) in [5.74, 6) is 2.69. The normalized spacial score (nSPS) is 20.3. The Bertz CT molecular complexity index is 1350. The summed E-state index contributed by atoms with van der Waals surface area (Å²) in [4.78, 5) is 35.5. The fourth-order valence-electron chi connectivity index (χ4n) is 5.63. The van der Waals surface area contributed by atoms with Crippen LogP contribution in [0.1, 0.15) is 34.2 Å². The number of likely N-dealkylation sites (N-methyl/N-ethyl adjacent to an activating group) is 1. The number of amides is 1. The first kappa shape index (κ1) is 24.8. The molecule has 1 amide bonds. The zero-order valence-corrected chi connectivity index (χ0v) is 22.3. The summed E-state index contributed by atoms with van der Waals surface area (Å²) in [6.45, 7) is 9.79. The largest absolute Gasteiger partial charge is 0.389 e. The minimum atomic E-state index is -0.419. The fraction of sp³-hybridized carbons (Fsp3) is 0.448. The molecule has 6 rings (SSSR count). The van der Waals surface area contributed by atoms with Gasteiger partial charge in [-0.15, -0.1) is 0 Å². The van der Waals surface area contributed by atoms with Crippen molar-refractivity contribution in [2.24, 2.45) is 0 Å². The van der Waals surface area contributed by atoms with Crippen molar-refractivity contribution in [2.75, 3.05) is 56.1 Å². The highest BCUT2D eigenvalue weighted by Gasteiger charge is 2.30. The summed E-state index contributed by atoms with van der Waals surface area (Å²) in [6.07, 6.45) is 3.94. The van der Waals surface area contributed by atoms with Crippen LogP contribution in [0.2, 0.25) is 0 Å². The van der Waals surface area contributed by atoms with Crippen molar-refractivity contribution in [3.05, 3.63) is 65.2 Å². The van der Waals surface area contributed by atoms with E-state index in [0.717, 1.165) is 67.7 Å². The number of hydrogen-bond acceptors (Lipinski definition) is 8. The van der Waals surface area contributed by atoms with Gasteiger partial charge >= 0.3 is 0 Å². The van der Waals surface area contributed by atoms with E-state index in [1.54, 1.807) is 11.1 Å². The van der Waals surface area contributed by atoms with Gasteiger partial charge in [0.25, 0.3) is 5.91 Å². The number of aliphatic hydroxyl groups is 1. The average Bonchev–Trinajstić information content (AvgIpc) is 2.90. The number of aryl methyl sites for hydroxylation is 1. The average molecular weight is 514 g/mol. The van der Waals surface area contributed by atoms with E-state index < -0.39 is 6.10 Å². The predicted molar refractivity (Wildman–Crippen MR) is 147 cm³/mol. The lowest BCUT2D eigenvalue weighted by atomic mass is 9.91. The highest BCUT2D eigenvalue weighted by molar-refractivity contribution is 5.95. The molecule has 9 heteroatoms. The van der Waals surface area contributed by atoms with Gasteiger partial charge in [0.05, 0.1) is 11.7 Å². The Balaban J connectivity index is 1.25. The molecule has 2 aromatic heterocycles. The van der Waals surface area contributed by atoms with Crippen LogP contribution in [0, 0.1) is 6.92 Å². The molecule has 3 aliphatic heterocycles. The molecule has 1 N–H and O–H groups in total. The number of piperazine rings is 1. The van der Waals surface area contributed by atoms with Crippen molar-refractivity contribution in [2.45, 2.75) is 39.0 Å². The maximum absolute atomic E-state index is 12.8. The van der Waals surface area contributed by atoms with Crippen molar-refractivity contribution in [3.63, 3.8) is 0 Å². The monoisotopic (exact) mass is 513 g/mol. The molecule has 0 spiro atoms. The van der Waals surface area contributed by atoms with Gasteiger partial charge in [-0.25, -0.2) is 9.97 Å². The van der Waals surface area contributed by atoms with Crippen LogP contribution in [0.4, 0.5) is 11.6 Å². The molecular weight excluding hydrogens is 478 g/mol. The Morgan fingerprint density at radius 2 is 1.71 bits per heavy atom. The van der Waals surface area contributed by atoms with E-state index in [-0.39, 0.29) is 5.91 Å². The zero-order valence-electron chi connectivity index (χ0n) is 22.3. The number of benzene rings is 1. The third kappa shape index (κ3) is 4.83. The molecule has 1 atom stereocenters. The first-order chi connectivity index (χ1) is 18.3. The van der Waals surface area contributed by atoms with E-state index in [1.807, 2.05) is 19.2 Å². The van der Waals surface area contributed by atoms with Crippen LogP contribution in [0.15, 0.2) is 42.7 Å². The van der Waals surface area contributed by atoms with Crippen molar-refractivity contribution >= 4 is 17.5 Å². The Labute approximate surface area is 223 Å². The van der Waals surface area contributed by atoms with E-state index >= 15 is 0 Å². The lowest BCUT2D eigenvalue weighted by Crippen LogP contribution is -2.53. The second kappa shape index (κ2) is 9.96. The standard InChI is InChI=1S/C29H35N7O2/c1-19-10-21-4-5-22(23-12-24(15-30-14-23)29(38)35-17-26(37)18-35)11-25(21)16-36(19)28-13-27(31-20(2)32-28)34-8-6-33(3)7-9-34/h4-5,11-15,19,26,37H,6-10,16-18H2,1-3H3. The number of anilines is 2. The molecule has 3 aliphatic rings. The number of hydrogen-bond donors (Lipinski definition) is 1. The molecule has 1 unspecified atom stereocenters. The molecule has 0 bridgehead atoms. The van der Waals surface area contributed by atoms with Crippen molar-refractivity contribution in [1.82, 2.24) is 24.8 Å². The van der Waals surface area contributed by atoms with Gasteiger partial charge in [0.2, 0.25) is 0 Å². The lowest BCUT2D eigenvalue weighted by molar-refractivity contribution is 0.00587. The number of rotatable bonds is 4. The summed E-state index contributed by atoms with van der Waals surface area (Å²) < 4.78 is 0. The SMILES string of the molecule is Cc1nc(N2CCN(C)CC2)cc(N2Cc3cc(-c4cncc(C(=O)N5CC(O)C5)c4)ccc3CC2C)n1. The molecule has 1 aromatic carbocycles. The molecule has 0 radical (unpaired) electrons. The summed E-state index contributed by atoms with van der Waals surface area (Å²) in [5, 5.41) is 9.56. The van der Waals surface area contributed by atoms with Crippen LogP contribution < -0.4 is 9.80 Å². The minimum Gasteiger partial charge on any atom is -0.389 e. The van der Waals surface area contributed by atoms with Crippen molar-refractivity contribution in [3.8, 4) is 11.1 Å². The summed E-state index contributed by atoms with van der Waals surface area (Å²) >= 11 is 0. The van der Waals surface area contributed by atoms with Gasteiger partial charge < -0.3 is 24.7 Å². The maximum Gasteiger partial charge on any atom is 0.255 e. The molecule has 0 saturated carbocycles. The summed E-state index contributed by atoms with van der Waals surface area (Å²) in [6, 6.07) is 10.9. The number of pyridine rings is 1. The second-order valence-corrected chi connectivity index (χ2v) is 10.9. The fourth-order valence-corrected chi connectivity index (χ4v) is 5.63. The van der Waals surface area contributed by atoms with Crippen molar-refractivity contribution in [1.29, 1.82) is 0 Å². The molecule has 38 heavy (non-hydrogen) atoms. The van der Waals surface area contributed by atoms with Gasteiger partial charge in [-0.1, -0.05) is 12.1 Å². The van der Waals surface area contributed by atoms with Gasteiger partial charge in [0.15, 0.2) is 0 Å². The molecule has 5 heterocycles. The predicted octanol–water partition coefficient (Wildman–Crippen LogP) is 2.37. The third-order valence-electron chi connectivity index (χ3n) is 7.99. The molecular formula is C29H35N7O2. The number of β-amino-alcohol motifs (C(OH)–C–C–N with tert-alkyl or cyclic N) is 1. The Morgan fingerprint density at radius 3 is 2.47 bits per heavy atom. The molecule has 198 valence electrons. The van der Waals surface area contributed by atoms with Gasteiger partial charge in [0, 0.05) is 75.9 Å². The molecule has 9 nitrogen and oxygen atoms in total. The van der Waals surface area contributed by atoms with Crippen LogP contribution >= 0.6 is 0 Å². The Hall–Kier alpha value is -3.56. The minimum absolute atomic E-state index is 0.0853.